The van der Waals surface area contributed by atoms with E-state index in [4.69, 9.17) is 14.2 Å². The molecule has 0 radical (unpaired) electrons. The third kappa shape index (κ3) is 4.08. The number of carbonyl (C=O) groups is 2. The van der Waals surface area contributed by atoms with E-state index in [1.165, 1.54) is 21.3 Å². The Kier molecular flexibility index (Phi) is 6.26. The molecule has 30 heavy (non-hydrogen) atoms. The van der Waals surface area contributed by atoms with Crippen LogP contribution in [0.2, 0.25) is 0 Å². The SMILES string of the molecule is COC(=O)c1nc(NC(=O)c2c(F)cccc2F)sc1-c1cc(OC)ccc1OC. The van der Waals surface area contributed by atoms with Crippen LogP contribution in [0, 0.1) is 11.6 Å². The molecule has 0 bridgehead atoms. The lowest BCUT2D eigenvalue weighted by Crippen LogP contribution is -2.16. The molecule has 1 N–H and O–H groups in total. The van der Waals surface area contributed by atoms with E-state index in [9.17, 15) is 18.4 Å². The van der Waals surface area contributed by atoms with Gasteiger partial charge in [0.1, 0.15) is 28.7 Å². The Hall–Kier alpha value is -3.53. The van der Waals surface area contributed by atoms with Crippen LogP contribution >= 0.6 is 11.3 Å². The highest BCUT2D eigenvalue weighted by Gasteiger charge is 2.25. The van der Waals surface area contributed by atoms with Crippen LogP contribution in [-0.4, -0.2) is 38.2 Å². The van der Waals surface area contributed by atoms with Crippen LogP contribution in [-0.2, 0) is 4.74 Å². The molecule has 0 aliphatic heterocycles. The first-order valence-electron chi connectivity index (χ1n) is 8.46. The van der Waals surface area contributed by atoms with Gasteiger partial charge in [0.25, 0.3) is 5.91 Å². The smallest absolute Gasteiger partial charge is 0.358 e. The molecule has 1 amide bonds. The molecule has 0 atom stereocenters. The molecular weight excluding hydrogens is 418 g/mol. The summed E-state index contributed by atoms with van der Waals surface area (Å²) in [6, 6.07) is 8.01. The van der Waals surface area contributed by atoms with Gasteiger partial charge in [-0.15, -0.1) is 0 Å². The maximum Gasteiger partial charge on any atom is 0.358 e. The van der Waals surface area contributed by atoms with Crippen molar-refractivity contribution >= 4 is 28.3 Å². The minimum absolute atomic E-state index is 0.0528. The average molecular weight is 434 g/mol. The van der Waals surface area contributed by atoms with Gasteiger partial charge in [-0.05, 0) is 30.3 Å². The van der Waals surface area contributed by atoms with Crippen molar-refractivity contribution in [2.45, 2.75) is 0 Å². The Morgan fingerprint density at radius 2 is 1.73 bits per heavy atom. The predicted molar refractivity (Wildman–Crippen MR) is 106 cm³/mol. The first-order valence-corrected chi connectivity index (χ1v) is 9.28. The number of hydrogen-bond donors (Lipinski definition) is 1. The third-order valence-corrected chi connectivity index (χ3v) is 5.07. The van der Waals surface area contributed by atoms with Crippen LogP contribution in [0.25, 0.3) is 10.4 Å². The molecule has 0 unspecified atom stereocenters. The van der Waals surface area contributed by atoms with E-state index in [1.54, 1.807) is 18.2 Å². The molecule has 156 valence electrons. The Bertz CT molecular complexity index is 1100. The molecular formula is C20H16F2N2O5S. The number of halogens is 2. The van der Waals surface area contributed by atoms with Crippen LogP contribution in [0.4, 0.5) is 13.9 Å². The van der Waals surface area contributed by atoms with Gasteiger partial charge in [-0.3, -0.25) is 10.1 Å². The predicted octanol–water partition coefficient (Wildman–Crippen LogP) is 4.14. The Morgan fingerprint density at radius 3 is 2.33 bits per heavy atom. The zero-order chi connectivity index (χ0) is 21.8. The number of carbonyl (C=O) groups excluding carboxylic acids is 2. The first-order chi connectivity index (χ1) is 14.4. The normalized spacial score (nSPS) is 10.4. The second-order valence-corrected chi connectivity index (χ2v) is 6.80. The third-order valence-electron chi connectivity index (χ3n) is 4.07. The number of methoxy groups -OCH3 is 3. The van der Waals surface area contributed by atoms with Crippen molar-refractivity contribution in [1.82, 2.24) is 4.98 Å². The second-order valence-electron chi connectivity index (χ2n) is 5.81. The fourth-order valence-electron chi connectivity index (χ4n) is 2.66. The van der Waals surface area contributed by atoms with Crippen molar-refractivity contribution in [3.8, 4) is 21.9 Å². The first kappa shape index (κ1) is 21.2. The van der Waals surface area contributed by atoms with E-state index in [0.717, 1.165) is 29.5 Å². The van der Waals surface area contributed by atoms with Crippen molar-refractivity contribution in [3.63, 3.8) is 0 Å². The number of anilines is 1. The van der Waals surface area contributed by atoms with Gasteiger partial charge in [-0.2, -0.15) is 0 Å². The maximum atomic E-state index is 13.9. The molecule has 0 saturated carbocycles. The Balaban J connectivity index is 2.07. The molecule has 0 aliphatic carbocycles. The number of amides is 1. The van der Waals surface area contributed by atoms with Gasteiger partial charge in [0.05, 0.1) is 26.2 Å². The average Bonchev–Trinajstić information content (AvgIpc) is 3.16. The van der Waals surface area contributed by atoms with Gasteiger partial charge < -0.3 is 14.2 Å². The largest absolute Gasteiger partial charge is 0.497 e. The highest BCUT2D eigenvalue weighted by molar-refractivity contribution is 7.19. The summed E-state index contributed by atoms with van der Waals surface area (Å²) in [4.78, 5) is 29.1. The number of ether oxygens (including phenoxy) is 3. The second kappa shape index (κ2) is 8.87. The zero-order valence-corrected chi connectivity index (χ0v) is 16.9. The number of benzene rings is 2. The van der Waals surface area contributed by atoms with E-state index < -0.39 is 29.1 Å². The monoisotopic (exact) mass is 434 g/mol. The number of esters is 1. The Morgan fingerprint density at radius 1 is 1.03 bits per heavy atom. The van der Waals surface area contributed by atoms with Crippen molar-refractivity contribution < 1.29 is 32.6 Å². The Labute approximate surface area is 174 Å². The maximum absolute atomic E-state index is 13.9. The molecule has 3 aromatic rings. The van der Waals surface area contributed by atoms with E-state index in [2.05, 4.69) is 10.3 Å². The summed E-state index contributed by atoms with van der Waals surface area (Å²) >= 11 is 0.915. The molecule has 3 rings (SSSR count). The summed E-state index contributed by atoms with van der Waals surface area (Å²) in [5.41, 5.74) is -0.390. The molecule has 2 aromatic carbocycles. The van der Waals surface area contributed by atoms with Crippen molar-refractivity contribution in [2.24, 2.45) is 0 Å². The quantitative estimate of drug-likeness (QED) is 0.587. The van der Waals surface area contributed by atoms with Gasteiger partial charge in [0, 0.05) is 5.56 Å². The van der Waals surface area contributed by atoms with E-state index in [-0.39, 0.29) is 10.8 Å². The fourth-order valence-corrected chi connectivity index (χ4v) is 3.63. The molecule has 1 heterocycles. The van der Waals surface area contributed by atoms with Crippen LogP contribution in [0.1, 0.15) is 20.8 Å². The van der Waals surface area contributed by atoms with E-state index in [1.807, 2.05) is 0 Å². The number of thiazole rings is 1. The standard InChI is InChI=1S/C20H16F2N2O5S/c1-27-10-7-8-14(28-2)11(9-10)17-16(19(26)29-3)23-20(30-17)24-18(25)15-12(21)5-4-6-13(15)22/h4-9H,1-3H3,(H,23,24,25). The minimum atomic E-state index is -1.04. The topological polar surface area (TPSA) is 86.8 Å². The lowest BCUT2D eigenvalue weighted by molar-refractivity contribution is 0.0595. The van der Waals surface area contributed by atoms with Crippen molar-refractivity contribution in [1.29, 1.82) is 0 Å². The summed E-state index contributed by atoms with van der Waals surface area (Å²) in [5, 5.41) is 2.27. The van der Waals surface area contributed by atoms with Crippen LogP contribution in [0.15, 0.2) is 36.4 Å². The van der Waals surface area contributed by atoms with Crippen molar-refractivity contribution in [2.75, 3.05) is 26.6 Å². The molecule has 10 heteroatoms. The van der Waals surface area contributed by atoms with Crippen molar-refractivity contribution in [3.05, 3.63) is 59.3 Å². The van der Waals surface area contributed by atoms with Gasteiger partial charge in [0.2, 0.25) is 0 Å². The van der Waals surface area contributed by atoms with Gasteiger partial charge in [-0.25, -0.2) is 18.6 Å². The van der Waals surface area contributed by atoms with Crippen LogP contribution in [0.5, 0.6) is 11.5 Å². The molecule has 1 aromatic heterocycles. The highest BCUT2D eigenvalue weighted by atomic mass is 32.1. The molecule has 0 fully saturated rings. The summed E-state index contributed by atoms with van der Waals surface area (Å²) in [5.74, 6) is -2.93. The van der Waals surface area contributed by atoms with E-state index in [0.29, 0.717) is 21.9 Å². The number of nitrogens with zero attached hydrogens (tertiary/aromatic N) is 1. The fraction of sp³-hybridized carbons (Fsp3) is 0.150. The number of nitrogens with one attached hydrogen (secondary N) is 1. The molecule has 7 nitrogen and oxygen atoms in total. The molecule has 0 spiro atoms. The lowest BCUT2D eigenvalue weighted by Gasteiger charge is -2.09. The summed E-state index contributed by atoms with van der Waals surface area (Å²) in [7, 11) is 4.11. The zero-order valence-electron chi connectivity index (χ0n) is 16.1. The minimum Gasteiger partial charge on any atom is -0.497 e. The number of aromatic nitrogens is 1. The summed E-state index contributed by atoms with van der Waals surface area (Å²) in [6.07, 6.45) is 0. The summed E-state index contributed by atoms with van der Waals surface area (Å²) in [6.45, 7) is 0. The van der Waals surface area contributed by atoms with Gasteiger partial charge >= 0.3 is 5.97 Å². The van der Waals surface area contributed by atoms with Crippen LogP contribution < -0.4 is 14.8 Å². The summed E-state index contributed by atoms with van der Waals surface area (Å²) < 4.78 is 43.1. The number of rotatable bonds is 6. The van der Waals surface area contributed by atoms with Gasteiger partial charge in [-0.1, -0.05) is 17.4 Å². The highest BCUT2D eigenvalue weighted by Crippen LogP contribution is 2.40. The van der Waals surface area contributed by atoms with Crippen LogP contribution in [0.3, 0.4) is 0 Å². The lowest BCUT2D eigenvalue weighted by atomic mass is 10.1. The molecule has 0 saturated heterocycles. The van der Waals surface area contributed by atoms with Gasteiger partial charge in [0.15, 0.2) is 10.8 Å². The number of hydrogen-bond acceptors (Lipinski definition) is 7. The van der Waals surface area contributed by atoms with E-state index >= 15 is 0 Å². The molecule has 0 aliphatic rings.